The molecule has 6 nitrogen and oxygen atoms in total. The third kappa shape index (κ3) is 2.61. The van der Waals surface area contributed by atoms with Crippen LogP contribution in [-0.4, -0.2) is 54.1 Å². The van der Waals surface area contributed by atoms with Crippen molar-refractivity contribution in [3.8, 4) is 0 Å². The molecule has 1 N–H and O–H groups in total. The van der Waals surface area contributed by atoms with Gasteiger partial charge in [-0.1, -0.05) is 0 Å². The van der Waals surface area contributed by atoms with Gasteiger partial charge in [0.2, 0.25) is 0 Å². The normalized spacial score (nSPS) is 22.9. The number of carbonyl (C=O) groups excluding carboxylic acids is 2. The summed E-state index contributed by atoms with van der Waals surface area (Å²) in [6.45, 7) is 2.94. The highest BCUT2D eigenvalue weighted by atomic mass is 16.5. The molecule has 1 aromatic heterocycles. The molecule has 1 atom stereocenters. The van der Waals surface area contributed by atoms with Gasteiger partial charge < -0.3 is 19.2 Å². The van der Waals surface area contributed by atoms with E-state index in [1.165, 1.54) is 4.90 Å². The molecule has 1 saturated heterocycles. The van der Waals surface area contributed by atoms with E-state index in [4.69, 9.17) is 9.15 Å². The van der Waals surface area contributed by atoms with Crippen LogP contribution in [0.25, 0.3) is 0 Å². The molecule has 1 aliphatic carbocycles. The lowest BCUT2D eigenvalue weighted by molar-refractivity contribution is 0.0533. The van der Waals surface area contributed by atoms with Crippen LogP contribution >= 0.6 is 0 Å². The van der Waals surface area contributed by atoms with Crippen molar-refractivity contribution < 1.29 is 23.8 Å². The van der Waals surface area contributed by atoms with Gasteiger partial charge in [0.15, 0.2) is 5.78 Å². The Kier molecular flexibility index (Phi) is 3.82. The maximum Gasteiger partial charge on any atom is 0.258 e. The maximum absolute atomic E-state index is 12.7. The predicted octanol–water partition coefficient (Wildman–Crippen LogP) is 0.940. The van der Waals surface area contributed by atoms with Crippen LogP contribution in [0.5, 0.6) is 0 Å². The van der Waals surface area contributed by atoms with E-state index in [-0.39, 0.29) is 24.8 Å². The highest BCUT2D eigenvalue weighted by Gasteiger charge is 2.33. The fraction of sp³-hybridized carbons (Fsp3) is 0.600. The minimum atomic E-state index is -0.699. The number of furan rings is 1. The first-order chi connectivity index (χ1) is 10.1. The average Bonchev–Trinajstić information content (AvgIpc) is 2.63. The van der Waals surface area contributed by atoms with Gasteiger partial charge >= 0.3 is 0 Å². The van der Waals surface area contributed by atoms with Gasteiger partial charge in [-0.3, -0.25) is 9.59 Å². The number of hydrogen-bond donors (Lipinski definition) is 1. The van der Waals surface area contributed by atoms with E-state index in [9.17, 15) is 14.7 Å². The van der Waals surface area contributed by atoms with E-state index < -0.39 is 6.10 Å². The van der Waals surface area contributed by atoms with Crippen molar-refractivity contribution in [1.82, 2.24) is 4.90 Å². The van der Waals surface area contributed by atoms with E-state index in [0.29, 0.717) is 48.6 Å². The van der Waals surface area contributed by atoms with Crippen LogP contribution in [-0.2, 0) is 11.2 Å². The first-order valence-corrected chi connectivity index (χ1v) is 7.28. The Labute approximate surface area is 122 Å². The van der Waals surface area contributed by atoms with Crippen LogP contribution in [0.4, 0.5) is 0 Å². The van der Waals surface area contributed by atoms with Gasteiger partial charge in [-0.15, -0.1) is 0 Å². The molecule has 114 valence electrons. The molecule has 0 radical (unpaired) electrons. The van der Waals surface area contributed by atoms with Crippen molar-refractivity contribution in [3.05, 3.63) is 22.6 Å². The second-order valence-corrected chi connectivity index (χ2v) is 5.59. The number of aliphatic hydroxyl groups excluding tert-OH is 1. The number of hydrogen-bond acceptors (Lipinski definition) is 5. The highest BCUT2D eigenvalue weighted by Crippen LogP contribution is 2.30. The van der Waals surface area contributed by atoms with Crippen molar-refractivity contribution in [2.45, 2.75) is 32.3 Å². The fourth-order valence-corrected chi connectivity index (χ4v) is 3.00. The van der Waals surface area contributed by atoms with Crippen molar-refractivity contribution in [2.75, 3.05) is 26.3 Å². The summed E-state index contributed by atoms with van der Waals surface area (Å²) in [7, 11) is 0. The molecule has 1 amide bonds. The Morgan fingerprint density at radius 1 is 1.38 bits per heavy atom. The van der Waals surface area contributed by atoms with Gasteiger partial charge in [0.25, 0.3) is 5.91 Å². The minimum absolute atomic E-state index is 0.0249. The van der Waals surface area contributed by atoms with Gasteiger partial charge in [-0.25, -0.2) is 0 Å². The van der Waals surface area contributed by atoms with Crippen LogP contribution in [0.2, 0.25) is 0 Å². The summed E-state index contributed by atoms with van der Waals surface area (Å²) in [5.74, 6) is 0.832. The number of aryl methyl sites for hydroxylation is 2. The molecule has 0 bridgehead atoms. The van der Waals surface area contributed by atoms with Crippen molar-refractivity contribution in [1.29, 1.82) is 0 Å². The molecule has 21 heavy (non-hydrogen) atoms. The third-order valence-electron chi connectivity index (χ3n) is 3.99. The first kappa shape index (κ1) is 14.3. The Balaban J connectivity index is 1.94. The average molecular weight is 293 g/mol. The number of rotatable bonds is 1. The molecule has 1 unspecified atom stereocenters. The lowest BCUT2D eigenvalue weighted by Crippen LogP contribution is -2.38. The van der Waals surface area contributed by atoms with Crippen LogP contribution in [0.3, 0.4) is 0 Å². The van der Waals surface area contributed by atoms with Gasteiger partial charge in [-0.2, -0.15) is 0 Å². The number of amides is 1. The number of ketones is 1. The number of β-amino-alcohol motifs (C(OH)–C–C–N with tert-alkyl or cyclic N) is 1. The minimum Gasteiger partial charge on any atom is -0.465 e. The van der Waals surface area contributed by atoms with Crippen molar-refractivity contribution in [3.63, 3.8) is 0 Å². The topological polar surface area (TPSA) is 80.0 Å². The number of Topliss-reactive ketones (excluding diaryl/α,β-unsaturated/α-hetero) is 1. The quantitative estimate of drug-likeness (QED) is 0.833. The molecule has 3 rings (SSSR count). The van der Waals surface area contributed by atoms with E-state index in [1.54, 1.807) is 6.92 Å². The third-order valence-corrected chi connectivity index (χ3v) is 3.99. The molecule has 2 aliphatic rings. The lowest BCUT2D eigenvalue weighted by Gasteiger charge is -2.22. The zero-order chi connectivity index (χ0) is 15.0. The Morgan fingerprint density at radius 2 is 2.19 bits per heavy atom. The van der Waals surface area contributed by atoms with E-state index >= 15 is 0 Å². The largest absolute Gasteiger partial charge is 0.465 e. The van der Waals surface area contributed by atoms with Gasteiger partial charge in [0.05, 0.1) is 30.4 Å². The molecule has 6 heteroatoms. The van der Waals surface area contributed by atoms with E-state index in [1.807, 2.05) is 0 Å². The summed E-state index contributed by atoms with van der Waals surface area (Å²) in [5, 5.41) is 9.76. The number of ether oxygens (including phenoxy) is 1. The molecule has 0 spiro atoms. The van der Waals surface area contributed by atoms with Gasteiger partial charge in [0, 0.05) is 25.9 Å². The monoisotopic (exact) mass is 293 g/mol. The zero-order valence-electron chi connectivity index (χ0n) is 12.1. The molecule has 0 aromatic carbocycles. The summed E-state index contributed by atoms with van der Waals surface area (Å²) in [6, 6.07) is 0. The van der Waals surface area contributed by atoms with Crippen LogP contribution in [0.15, 0.2) is 4.42 Å². The van der Waals surface area contributed by atoms with Crippen molar-refractivity contribution in [2.24, 2.45) is 0 Å². The predicted molar refractivity (Wildman–Crippen MR) is 73.4 cm³/mol. The van der Waals surface area contributed by atoms with Gasteiger partial charge in [-0.05, 0) is 13.3 Å². The molecule has 1 aliphatic heterocycles. The molecule has 1 aromatic rings. The summed E-state index contributed by atoms with van der Waals surface area (Å²) in [5.41, 5.74) is 0.812. The highest BCUT2D eigenvalue weighted by molar-refractivity contribution is 6.10. The molecule has 1 fully saturated rings. The molecule has 2 heterocycles. The second kappa shape index (κ2) is 5.61. The summed E-state index contributed by atoms with van der Waals surface area (Å²) < 4.78 is 10.8. The van der Waals surface area contributed by atoms with E-state index in [2.05, 4.69) is 0 Å². The van der Waals surface area contributed by atoms with Crippen molar-refractivity contribution >= 4 is 11.7 Å². The van der Waals surface area contributed by atoms with Gasteiger partial charge in [0.1, 0.15) is 11.5 Å². The van der Waals surface area contributed by atoms with Crippen LogP contribution in [0.1, 0.15) is 45.1 Å². The summed E-state index contributed by atoms with van der Waals surface area (Å²) in [6.07, 6.45) is 1.22. The Hall–Kier alpha value is -1.66. The maximum atomic E-state index is 12.7. The van der Waals surface area contributed by atoms with Crippen LogP contribution in [0, 0.1) is 6.92 Å². The molecular formula is C15H19NO5. The number of fused-ring (bicyclic) bond motifs is 1. The SMILES string of the molecule is Cc1oc2c(c1C(=O)N1CCOCC(O)C1)C(=O)CCC2. The van der Waals surface area contributed by atoms with Crippen LogP contribution < -0.4 is 0 Å². The summed E-state index contributed by atoms with van der Waals surface area (Å²) >= 11 is 0. The first-order valence-electron chi connectivity index (χ1n) is 7.28. The summed E-state index contributed by atoms with van der Waals surface area (Å²) in [4.78, 5) is 26.4. The smallest absolute Gasteiger partial charge is 0.258 e. The fourth-order valence-electron chi connectivity index (χ4n) is 3.00. The standard InChI is InChI=1S/C15H19NO5/c1-9-13(14-11(18)3-2-4-12(14)21-9)15(19)16-5-6-20-8-10(17)7-16/h10,17H,2-8H2,1H3. The Morgan fingerprint density at radius 3 is 3.00 bits per heavy atom. The molecule has 0 saturated carbocycles. The number of aliphatic hydroxyl groups is 1. The molecular weight excluding hydrogens is 274 g/mol. The van der Waals surface area contributed by atoms with E-state index in [0.717, 1.165) is 6.42 Å². The number of carbonyl (C=O) groups is 2. The number of nitrogens with zero attached hydrogens (tertiary/aromatic N) is 1. The lowest BCUT2D eigenvalue weighted by atomic mass is 9.93. The second-order valence-electron chi connectivity index (χ2n) is 5.59. The Bertz CT molecular complexity index is 577. The zero-order valence-corrected chi connectivity index (χ0v) is 12.1.